The molecule has 0 radical (unpaired) electrons. The fraction of sp³-hybridized carbons (Fsp3) is 0.929. The quantitative estimate of drug-likeness (QED) is 0.495. The number of aliphatic imine (C=N–C) groups is 1. The van der Waals surface area contributed by atoms with Gasteiger partial charge < -0.3 is 20.1 Å². The van der Waals surface area contributed by atoms with Crippen LogP contribution >= 0.6 is 0 Å². The van der Waals surface area contributed by atoms with Gasteiger partial charge in [-0.3, -0.25) is 4.99 Å². The van der Waals surface area contributed by atoms with Gasteiger partial charge in [-0.2, -0.15) is 0 Å². The van der Waals surface area contributed by atoms with E-state index in [9.17, 15) is 0 Å². The molecule has 0 aliphatic rings. The van der Waals surface area contributed by atoms with Crippen molar-refractivity contribution in [3.05, 3.63) is 0 Å². The Balaban J connectivity index is 4.00. The van der Waals surface area contributed by atoms with Crippen molar-refractivity contribution in [2.24, 2.45) is 10.9 Å². The second-order valence-corrected chi connectivity index (χ2v) is 5.03. The highest BCUT2D eigenvalue weighted by molar-refractivity contribution is 5.79. The summed E-state index contributed by atoms with van der Waals surface area (Å²) in [5.74, 6) is 1.34. The van der Waals surface area contributed by atoms with Gasteiger partial charge in [0.15, 0.2) is 5.96 Å². The van der Waals surface area contributed by atoms with Crippen LogP contribution < -0.4 is 10.6 Å². The molecule has 0 spiro atoms. The van der Waals surface area contributed by atoms with Crippen LogP contribution in [0.15, 0.2) is 4.99 Å². The van der Waals surface area contributed by atoms with Crippen molar-refractivity contribution in [2.45, 2.75) is 46.3 Å². The predicted molar refractivity (Wildman–Crippen MR) is 80.7 cm³/mol. The highest BCUT2D eigenvalue weighted by Crippen LogP contribution is 2.09. The summed E-state index contributed by atoms with van der Waals surface area (Å²) in [5.41, 5.74) is 0. The molecule has 114 valence electrons. The molecule has 2 N–H and O–H groups in total. The summed E-state index contributed by atoms with van der Waals surface area (Å²) < 4.78 is 10.8. The van der Waals surface area contributed by atoms with Crippen LogP contribution in [-0.4, -0.2) is 52.0 Å². The number of nitrogens with zero attached hydrogens (tertiary/aromatic N) is 1. The van der Waals surface area contributed by atoms with E-state index in [1.165, 1.54) is 0 Å². The maximum absolute atomic E-state index is 5.72. The van der Waals surface area contributed by atoms with Crippen molar-refractivity contribution in [1.82, 2.24) is 10.6 Å². The molecule has 0 saturated carbocycles. The predicted octanol–water partition coefficient (Wildman–Crippen LogP) is 1.64. The Bertz CT molecular complexity index is 245. The van der Waals surface area contributed by atoms with Gasteiger partial charge in [-0.1, -0.05) is 13.8 Å². The van der Waals surface area contributed by atoms with Crippen LogP contribution in [0.5, 0.6) is 0 Å². The third-order valence-corrected chi connectivity index (χ3v) is 2.87. The molecule has 2 unspecified atom stereocenters. The van der Waals surface area contributed by atoms with Crippen LogP contribution in [0, 0.1) is 5.92 Å². The summed E-state index contributed by atoms with van der Waals surface area (Å²) in [5, 5.41) is 6.58. The van der Waals surface area contributed by atoms with Crippen LogP contribution in [0.4, 0.5) is 0 Å². The number of guanidine groups is 1. The van der Waals surface area contributed by atoms with Crippen molar-refractivity contribution in [3.63, 3.8) is 0 Å². The largest absolute Gasteiger partial charge is 0.383 e. The summed E-state index contributed by atoms with van der Waals surface area (Å²) in [4.78, 5) is 4.20. The minimum atomic E-state index is 0.240. The summed E-state index contributed by atoms with van der Waals surface area (Å²) in [7, 11) is 3.47. The zero-order valence-corrected chi connectivity index (χ0v) is 13.3. The first kappa shape index (κ1) is 18.2. The van der Waals surface area contributed by atoms with E-state index in [1.807, 2.05) is 6.92 Å². The standard InChI is InChI=1S/C14H31N3O2/c1-7-19-13(11(2)3)8-9-16-14(15-5)17-12(4)10-18-6/h11-13H,7-10H2,1-6H3,(H2,15,16,17). The number of ether oxygens (including phenoxy) is 2. The number of hydrogen-bond donors (Lipinski definition) is 2. The first-order valence-electron chi connectivity index (χ1n) is 7.12. The molecule has 5 heteroatoms. The van der Waals surface area contributed by atoms with Gasteiger partial charge in [-0.25, -0.2) is 0 Å². The molecule has 0 aromatic rings. The van der Waals surface area contributed by atoms with Crippen molar-refractivity contribution in [2.75, 3.05) is 33.9 Å². The molecule has 0 fully saturated rings. The number of hydrogen-bond acceptors (Lipinski definition) is 3. The zero-order chi connectivity index (χ0) is 14.7. The van der Waals surface area contributed by atoms with Gasteiger partial charge in [-0.05, 0) is 26.2 Å². The van der Waals surface area contributed by atoms with Gasteiger partial charge in [0.1, 0.15) is 0 Å². The fourth-order valence-corrected chi connectivity index (χ4v) is 1.88. The van der Waals surface area contributed by atoms with Crippen molar-refractivity contribution >= 4 is 5.96 Å². The van der Waals surface area contributed by atoms with E-state index in [-0.39, 0.29) is 6.04 Å². The second-order valence-electron chi connectivity index (χ2n) is 5.03. The lowest BCUT2D eigenvalue weighted by Crippen LogP contribution is -2.44. The van der Waals surface area contributed by atoms with Gasteiger partial charge in [0.2, 0.25) is 0 Å². The summed E-state index contributed by atoms with van der Waals surface area (Å²) >= 11 is 0. The summed E-state index contributed by atoms with van der Waals surface area (Å²) in [6.45, 7) is 10.8. The highest BCUT2D eigenvalue weighted by Gasteiger charge is 2.13. The Kier molecular flexibility index (Phi) is 10.6. The van der Waals surface area contributed by atoms with E-state index in [1.54, 1.807) is 14.2 Å². The minimum absolute atomic E-state index is 0.240. The highest BCUT2D eigenvalue weighted by atomic mass is 16.5. The van der Waals surface area contributed by atoms with Crippen LogP contribution in [0.2, 0.25) is 0 Å². The van der Waals surface area contributed by atoms with Crippen molar-refractivity contribution in [1.29, 1.82) is 0 Å². The third-order valence-electron chi connectivity index (χ3n) is 2.87. The van der Waals surface area contributed by atoms with Crippen LogP contribution in [0.1, 0.15) is 34.1 Å². The Morgan fingerprint density at radius 2 is 1.95 bits per heavy atom. The van der Waals surface area contributed by atoms with E-state index in [0.717, 1.165) is 25.5 Å². The van der Waals surface area contributed by atoms with Gasteiger partial charge in [0.05, 0.1) is 12.7 Å². The second kappa shape index (κ2) is 11.1. The molecule has 0 aliphatic carbocycles. The van der Waals surface area contributed by atoms with E-state index in [0.29, 0.717) is 18.6 Å². The molecule has 0 rings (SSSR count). The monoisotopic (exact) mass is 273 g/mol. The molecule has 0 saturated heterocycles. The summed E-state index contributed by atoms with van der Waals surface area (Å²) in [6.07, 6.45) is 1.28. The topological polar surface area (TPSA) is 54.9 Å². The number of nitrogens with one attached hydrogen (secondary N) is 2. The smallest absolute Gasteiger partial charge is 0.191 e. The first-order chi connectivity index (χ1) is 9.04. The maximum Gasteiger partial charge on any atom is 0.191 e. The first-order valence-corrected chi connectivity index (χ1v) is 7.12. The Labute approximate surface area is 118 Å². The molecule has 19 heavy (non-hydrogen) atoms. The summed E-state index contributed by atoms with van der Waals surface area (Å²) in [6, 6.07) is 0.240. The fourth-order valence-electron chi connectivity index (χ4n) is 1.88. The third kappa shape index (κ3) is 8.83. The Morgan fingerprint density at radius 1 is 1.26 bits per heavy atom. The van der Waals surface area contributed by atoms with Crippen molar-refractivity contribution < 1.29 is 9.47 Å². The van der Waals surface area contributed by atoms with E-state index < -0.39 is 0 Å². The van der Waals surface area contributed by atoms with Crippen LogP contribution in [-0.2, 0) is 9.47 Å². The van der Waals surface area contributed by atoms with E-state index >= 15 is 0 Å². The normalized spacial score (nSPS) is 15.4. The average molecular weight is 273 g/mol. The van der Waals surface area contributed by atoms with Crippen LogP contribution in [0.25, 0.3) is 0 Å². The lowest BCUT2D eigenvalue weighted by Gasteiger charge is -2.22. The van der Waals surface area contributed by atoms with E-state index in [4.69, 9.17) is 9.47 Å². The van der Waals surface area contributed by atoms with Gasteiger partial charge in [0.25, 0.3) is 0 Å². The minimum Gasteiger partial charge on any atom is -0.383 e. The van der Waals surface area contributed by atoms with E-state index in [2.05, 4.69) is 36.4 Å². The molecule has 0 aliphatic heterocycles. The molecule has 0 bridgehead atoms. The zero-order valence-electron chi connectivity index (χ0n) is 13.3. The van der Waals surface area contributed by atoms with Crippen molar-refractivity contribution in [3.8, 4) is 0 Å². The Morgan fingerprint density at radius 3 is 2.42 bits per heavy atom. The number of methoxy groups -OCH3 is 1. The van der Waals surface area contributed by atoms with Crippen LogP contribution in [0.3, 0.4) is 0 Å². The molecule has 5 nitrogen and oxygen atoms in total. The average Bonchev–Trinajstić information content (AvgIpc) is 2.36. The molecule has 0 aromatic heterocycles. The number of rotatable bonds is 9. The molecular formula is C14H31N3O2. The molecule has 2 atom stereocenters. The lowest BCUT2D eigenvalue weighted by atomic mass is 10.0. The maximum atomic E-state index is 5.72. The van der Waals surface area contributed by atoms with Gasteiger partial charge >= 0.3 is 0 Å². The lowest BCUT2D eigenvalue weighted by molar-refractivity contribution is 0.0258. The molecular weight excluding hydrogens is 242 g/mol. The SMILES string of the molecule is CCOC(CCNC(=NC)NC(C)COC)C(C)C. The van der Waals surface area contributed by atoms with Gasteiger partial charge in [0, 0.05) is 33.4 Å². The molecule has 0 aromatic carbocycles. The molecule has 0 amide bonds. The van der Waals surface area contributed by atoms with Gasteiger partial charge in [-0.15, -0.1) is 0 Å². The molecule has 0 heterocycles. The Hall–Kier alpha value is -0.810.